The van der Waals surface area contributed by atoms with Crippen LogP contribution in [0, 0.1) is 17.0 Å². The van der Waals surface area contributed by atoms with Crippen molar-refractivity contribution in [3.63, 3.8) is 0 Å². The fraction of sp³-hybridized carbons (Fsp3) is 0.188. The van der Waals surface area contributed by atoms with Gasteiger partial charge in [-0.3, -0.25) is 10.1 Å². The molecule has 0 bridgehead atoms. The van der Waals surface area contributed by atoms with Crippen molar-refractivity contribution in [2.24, 2.45) is 5.10 Å². The van der Waals surface area contributed by atoms with E-state index < -0.39 is 14.9 Å². The summed E-state index contributed by atoms with van der Waals surface area (Å²) in [4.78, 5) is 12.2. The molecule has 1 N–H and O–H groups in total. The molecule has 0 fully saturated rings. The Morgan fingerprint density at radius 1 is 1.24 bits per heavy atom. The van der Waals surface area contributed by atoms with Crippen LogP contribution in [0.15, 0.2) is 52.5 Å². The molecule has 8 nitrogen and oxygen atoms in total. The van der Waals surface area contributed by atoms with Gasteiger partial charge >= 0.3 is 0 Å². The lowest BCUT2D eigenvalue weighted by Gasteiger charge is -2.09. The molecule has 0 heterocycles. The van der Waals surface area contributed by atoms with Gasteiger partial charge in [-0.2, -0.15) is 18.4 Å². The molecule has 0 saturated carbocycles. The van der Waals surface area contributed by atoms with Crippen molar-refractivity contribution >= 4 is 21.4 Å². The first-order valence-electron chi connectivity index (χ1n) is 7.21. The molecule has 25 heavy (non-hydrogen) atoms. The lowest BCUT2D eigenvalue weighted by atomic mass is 10.1. The number of nitrogens with zero attached hydrogens (tertiary/aromatic N) is 2. The number of rotatable bonds is 6. The average Bonchev–Trinajstić information content (AvgIpc) is 2.59. The third-order valence-corrected chi connectivity index (χ3v) is 4.72. The molecule has 0 spiro atoms. The first kappa shape index (κ1) is 18.4. The number of aryl methyl sites for hydroxylation is 1. The molecule has 2 rings (SSSR count). The SMILES string of the molecule is COc1ccccc1/C(C)=N/NS(=O)(=O)c1ccc(C)c([N+](=O)[O-])c1. The number of nitro groups is 1. The van der Waals surface area contributed by atoms with Gasteiger partial charge in [-0.1, -0.05) is 18.2 Å². The number of hydrogen-bond acceptors (Lipinski definition) is 6. The Bertz CT molecular complexity index is 939. The third kappa shape index (κ3) is 4.13. The third-order valence-electron chi connectivity index (χ3n) is 3.52. The number of nitrogens with one attached hydrogen (secondary N) is 1. The van der Waals surface area contributed by atoms with Gasteiger partial charge in [-0.15, -0.1) is 0 Å². The average molecular weight is 363 g/mol. The van der Waals surface area contributed by atoms with Crippen molar-refractivity contribution in [2.45, 2.75) is 18.7 Å². The predicted octanol–water partition coefficient (Wildman–Crippen LogP) is 2.61. The Balaban J connectivity index is 2.33. The predicted molar refractivity (Wildman–Crippen MR) is 93.4 cm³/mol. The van der Waals surface area contributed by atoms with Crippen molar-refractivity contribution < 1.29 is 18.1 Å². The Kier molecular flexibility index (Phi) is 5.38. The van der Waals surface area contributed by atoms with E-state index in [1.54, 1.807) is 31.2 Å². The van der Waals surface area contributed by atoms with Crippen LogP contribution in [0.5, 0.6) is 5.75 Å². The minimum absolute atomic E-state index is 0.235. The second-order valence-corrected chi connectivity index (χ2v) is 6.86. The molecule has 0 radical (unpaired) electrons. The monoisotopic (exact) mass is 363 g/mol. The van der Waals surface area contributed by atoms with Crippen LogP contribution in [-0.4, -0.2) is 26.2 Å². The summed E-state index contributed by atoms with van der Waals surface area (Å²) in [5.74, 6) is 0.550. The van der Waals surface area contributed by atoms with E-state index in [4.69, 9.17) is 4.74 Å². The van der Waals surface area contributed by atoms with Gasteiger partial charge in [0.15, 0.2) is 0 Å². The van der Waals surface area contributed by atoms with Crippen molar-refractivity contribution in [1.29, 1.82) is 0 Å². The second kappa shape index (κ2) is 7.31. The topological polar surface area (TPSA) is 111 Å². The lowest BCUT2D eigenvalue weighted by molar-refractivity contribution is -0.385. The Morgan fingerprint density at radius 3 is 2.56 bits per heavy atom. The van der Waals surface area contributed by atoms with E-state index in [0.717, 1.165) is 6.07 Å². The number of benzene rings is 2. The van der Waals surface area contributed by atoms with Gasteiger partial charge < -0.3 is 4.74 Å². The van der Waals surface area contributed by atoms with Crippen LogP contribution < -0.4 is 9.57 Å². The summed E-state index contributed by atoms with van der Waals surface area (Å²) in [6, 6.07) is 10.7. The van der Waals surface area contributed by atoms with Crippen LogP contribution in [0.4, 0.5) is 5.69 Å². The molecule has 0 atom stereocenters. The smallest absolute Gasteiger partial charge is 0.276 e. The van der Waals surface area contributed by atoms with E-state index in [9.17, 15) is 18.5 Å². The highest BCUT2D eigenvalue weighted by Gasteiger charge is 2.19. The maximum absolute atomic E-state index is 12.3. The largest absolute Gasteiger partial charge is 0.496 e. The van der Waals surface area contributed by atoms with Gasteiger partial charge in [0.1, 0.15) is 5.75 Å². The summed E-state index contributed by atoms with van der Waals surface area (Å²) in [7, 11) is -2.54. The fourth-order valence-corrected chi connectivity index (χ4v) is 3.01. The summed E-state index contributed by atoms with van der Waals surface area (Å²) < 4.78 is 29.9. The quantitative estimate of drug-likeness (QED) is 0.482. The van der Waals surface area contributed by atoms with E-state index in [1.807, 2.05) is 0 Å². The van der Waals surface area contributed by atoms with Crippen LogP contribution in [0.2, 0.25) is 0 Å². The van der Waals surface area contributed by atoms with Crippen LogP contribution in [0.3, 0.4) is 0 Å². The zero-order valence-corrected chi connectivity index (χ0v) is 14.7. The molecule has 0 amide bonds. The summed E-state index contributed by atoms with van der Waals surface area (Å²) in [6.07, 6.45) is 0. The number of hydrazone groups is 1. The van der Waals surface area contributed by atoms with E-state index >= 15 is 0 Å². The summed E-state index contributed by atoms with van der Waals surface area (Å²) in [5, 5.41) is 14.8. The number of hydrogen-bond donors (Lipinski definition) is 1. The standard InChI is InChI=1S/C16H17N3O5S/c1-11-8-9-13(10-15(11)19(20)21)25(22,23)18-17-12(2)14-6-4-5-7-16(14)24-3/h4-10,18H,1-3H3/b17-12+. The number of nitro benzene ring substituents is 1. The van der Waals surface area contributed by atoms with Crippen LogP contribution >= 0.6 is 0 Å². The van der Waals surface area contributed by atoms with Gasteiger partial charge in [-0.25, -0.2) is 0 Å². The van der Waals surface area contributed by atoms with E-state index in [-0.39, 0.29) is 10.6 Å². The van der Waals surface area contributed by atoms with E-state index in [0.29, 0.717) is 22.6 Å². The molecule has 132 valence electrons. The highest BCUT2D eigenvalue weighted by atomic mass is 32.2. The summed E-state index contributed by atoms with van der Waals surface area (Å²) >= 11 is 0. The Hall–Kier alpha value is -2.94. The van der Waals surface area contributed by atoms with Crippen LogP contribution in [0.1, 0.15) is 18.1 Å². The normalized spacial score (nSPS) is 11.9. The Morgan fingerprint density at radius 2 is 1.92 bits per heavy atom. The molecule has 0 aliphatic rings. The fourth-order valence-electron chi connectivity index (χ4n) is 2.14. The van der Waals surface area contributed by atoms with Gasteiger partial charge in [0, 0.05) is 17.2 Å². The molecule has 2 aromatic carbocycles. The molecular formula is C16H17N3O5S. The maximum Gasteiger partial charge on any atom is 0.276 e. The van der Waals surface area contributed by atoms with Crippen molar-refractivity contribution in [3.8, 4) is 5.75 Å². The van der Waals surface area contributed by atoms with Crippen molar-refractivity contribution in [2.75, 3.05) is 7.11 Å². The first-order valence-corrected chi connectivity index (χ1v) is 8.69. The number of para-hydroxylation sites is 1. The van der Waals surface area contributed by atoms with Crippen LogP contribution in [0.25, 0.3) is 0 Å². The van der Waals surface area contributed by atoms with Gasteiger partial charge in [-0.05, 0) is 32.0 Å². The molecule has 9 heteroatoms. The molecule has 0 unspecified atom stereocenters. The number of ether oxygens (including phenoxy) is 1. The molecule has 2 aromatic rings. The molecule has 0 aliphatic heterocycles. The van der Waals surface area contributed by atoms with Crippen LogP contribution in [-0.2, 0) is 10.0 Å². The highest BCUT2D eigenvalue weighted by Crippen LogP contribution is 2.22. The molecule has 0 aromatic heterocycles. The minimum atomic E-state index is -4.04. The maximum atomic E-state index is 12.3. The molecular weight excluding hydrogens is 346 g/mol. The second-order valence-electron chi connectivity index (χ2n) is 5.20. The lowest BCUT2D eigenvalue weighted by Crippen LogP contribution is -2.20. The number of sulfonamides is 1. The van der Waals surface area contributed by atoms with E-state index in [1.165, 1.54) is 26.2 Å². The van der Waals surface area contributed by atoms with Gasteiger partial charge in [0.05, 0.1) is 22.6 Å². The van der Waals surface area contributed by atoms with Crippen molar-refractivity contribution in [3.05, 3.63) is 63.7 Å². The zero-order chi connectivity index (χ0) is 18.6. The Labute approximate surface area is 145 Å². The first-order chi connectivity index (χ1) is 11.8. The molecule has 0 saturated heterocycles. The van der Waals surface area contributed by atoms with Gasteiger partial charge in [0.25, 0.3) is 15.7 Å². The van der Waals surface area contributed by atoms with Gasteiger partial charge in [0.2, 0.25) is 0 Å². The highest BCUT2D eigenvalue weighted by molar-refractivity contribution is 7.89. The zero-order valence-electron chi connectivity index (χ0n) is 13.9. The molecule has 0 aliphatic carbocycles. The number of methoxy groups -OCH3 is 1. The minimum Gasteiger partial charge on any atom is -0.496 e. The van der Waals surface area contributed by atoms with E-state index in [2.05, 4.69) is 9.93 Å². The summed E-state index contributed by atoms with van der Waals surface area (Å²) in [5.41, 5.74) is 1.12. The summed E-state index contributed by atoms with van der Waals surface area (Å²) in [6.45, 7) is 3.16. The van der Waals surface area contributed by atoms with Crippen molar-refractivity contribution in [1.82, 2.24) is 4.83 Å².